The first kappa shape index (κ1) is 12.3. The molecule has 0 saturated heterocycles. The lowest BCUT2D eigenvalue weighted by molar-refractivity contribution is 0.305. The van der Waals surface area contributed by atoms with Gasteiger partial charge < -0.3 is 14.8 Å². The fourth-order valence-corrected chi connectivity index (χ4v) is 2.43. The Morgan fingerprint density at radius 2 is 2.18 bits per heavy atom. The summed E-state index contributed by atoms with van der Waals surface area (Å²) < 4.78 is 1.83. The summed E-state index contributed by atoms with van der Waals surface area (Å²) in [5, 5.41) is 3.22. The fourth-order valence-electron chi connectivity index (χ4n) is 2.43. The molecule has 0 fully saturated rings. The maximum Gasteiger partial charge on any atom is 0.255 e. The van der Waals surface area contributed by atoms with Gasteiger partial charge in [-0.2, -0.15) is 0 Å². The van der Waals surface area contributed by atoms with Gasteiger partial charge in [-0.1, -0.05) is 6.92 Å². The van der Waals surface area contributed by atoms with Crippen molar-refractivity contribution in [3.8, 4) is 0 Å². The SMILES string of the molecule is CCNCc1cc2c(n(C)c1=O)CCN(C)C2. The predicted octanol–water partition coefficient (Wildman–Crippen LogP) is 0.483. The maximum absolute atomic E-state index is 12.1. The molecule has 2 heterocycles. The minimum Gasteiger partial charge on any atom is -0.315 e. The fraction of sp³-hybridized carbons (Fsp3) is 0.615. The summed E-state index contributed by atoms with van der Waals surface area (Å²) in [5.74, 6) is 0. The number of pyridine rings is 1. The van der Waals surface area contributed by atoms with Crippen LogP contribution in [-0.4, -0.2) is 29.6 Å². The van der Waals surface area contributed by atoms with Crippen molar-refractivity contribution in [2.45, 2.75) is 26.4 Å². The lowest BCUT2D eigenvalue weighted by Gasteiger charge is -2.27. The van der Waals surface area contributed by atoms with Crippen LogP contribution in [0.15, 0.2) is 10.9 Å². The van der Waals surface area contributed by atoms with Crippen LogP contribution in [0.25, 0.3) is 0 Å². The van der Waals surface area contributed by atoms with E-state index >= 15 is 0 Å². The third-order valence-electron chi connectivity index (χ3n) is 3.44. The second-order valence-electron chi connectivity index (χ2n) is 4.77. The second kappa shape index (κ2) is 5.02. The van der Waals surface area contributed by atoms with Crippen LogP contribution in [0.5, 0.6) is 0 Å². The molecule has 0 radical (unpaired) electrons. The molecule has 0 saturated carbocycles. The topological polar surface area (TPSA) is 37.3 Å². The van der Waals surface area contributed by atoms with Crippen molar-refractivity contribution >= 4 is 0 Å². The van der Waals surface area contributed by atoms with Crippen molar-refractivity contribution in [1.82, 2.24) is 14.8 Å². The zero-order valence-corrected chi connectivity index (χ0v) is 10.9. The van der Waals surface area contributed by atoms with Crippen LogP contribution in [0.2, 0.25) is 0 Å². The molecule has 0 bridgehead atoms. The smallest absolute Gasteiger partial charge is 0.255 e. The second-order valence-corrected chi connectivity index (χ2v) is 4.77. The van der Waals surface area contributed by atoms with Crippen molar-refractivity contribution in [3.63, 3.8) is 0 Å². The summed E-state index contributed by atoms with van der Waals surface area (Å²) in [6.45, 7) is 5.59. The lowest BCUT2D eigenvalue weighted by Crippen LogP contribution is -2.35. The van der Waals surface area contributed by atoms with Crippen LogP contribution in [0.3, 0.4) is 0 Å². The van der Waals surface area contributed by atoms with Crippen LogP contribution in [0.4, 0.5) is 0 Å². The molecular formula is C13H21N3O. The van der Waals surface area contributed by atoms with E-state index in [1.807, 2.05) is 11.6 Å². The molecule has 0 unspecified atom stereocenters. The highest BCUT2D eigenvalue weighted by Gasteiger charge is 2.17. The molecule has 0 atom stereocenters. The molecular weight excluding hydrogens is 214 g/mol. The van der Waals surface area contributed by atoms with Crippen molar-refractivity contribution in [1.29, 1.82) is 0 Å². The van der Waals surface area contributed by atoms with Gasteiger partial charge in [0, 0.05) is 44.4 Å². The summed E-state index contributed by atoms with van der Waals surface area (Å²) in [5.41, 5.74) is 3.53. The number of hydrogen-bond donors (Lipinski definition) is 1. The molecule has 2 rings (SSSR count). The van der Waals surface area contributed by atoms with Crippen molar-refractivity contribution in [3.05, 3.63) is 33.2 Å². The molecule has 4 heteroatoms. The predicted molar refractivity (Wildman–Crippen MR) is 69.1 cm³/mol. The largest absolute Gasteiger partial charge is 0.315 e. The molecule has 17 heavy (non-hydrogen) atoms. The van der Waals surface area contributed by atoms with Gasteiger partial charge in [0.15, 0.2) is 0 Å². The molecule has 1 aliphatic rings. The van der Waals surface area contributed by atoms with Gasteiger partial charge in [-0.05, 0) is 25.2 Å². The molecule has 0 amide bonds. The van der Waals surface area contributed by atoms with Gasteiger partial charge in [0.2, 0.25) is 0 Å². The third-order valence-corrected chi connectivity index (χ3v) is 3.44. The van der Waals surface area contributed by atoms with E-state index in [2.05, 4.69) is 30.3 Å². The van der Waals surface area contributed by atoms with E-state index < -0.39 is 0 Å². The quantitative estimate of drug-likeness (QED) is 0.828. The number of aromatic nitrogens is 1. The number of hydrogen-bond acceptors (Lipinski definition) is 3. The van der Waals surface area contributed by atoms with E-state index in [0.717, 1.165) is 31.6 Å². The van der Waals surface area contributed by atoms with E-state index in [0.29, 0.717) is 6.54 Å². The van der Waals surface area contributed by atoms with Crippen molar-refractivity contribution in [2.75, 3.05) is 20.1 Å². The summed E-state index contributed by atoms with van der Waals surface area (Å²) in [7, 11) is 4.01. The molecule has 1 aliphatic heterocycles. The Hall–Kier alpha value is -1.13. The zero-order valence-electron chi connectivity index (χ0n) is 10.9. The number of likely N-dealkylation sites (N-methyl/N-ethyl adjacent to an activating group) is 1. The van der Waals surface area contributed by atoms with Crippen LogP contribution < -0.4 is 10.9 Å². The van der Waals surface area contributed by atoms with Gasteiger partial charge in [-0.25, -0.2) is 0 Å². The molecule has 94 valence electrons. The highest BCUT2D eigenvalue weighted by Crippen LogP contribution is 2.16. The van der Waals surface area contributed by atoms with E-state index in [-0.39, 0.29) is 5.56 Å². The minimum atomic E-state index is 0.147. The monoisotopic (exact) mass is 235 g/mol. The summed E-state index contributed by atoms with van der Waals surface area (Å²) in [4.78, 5) is 14.4. The highest BCUT2D eigenvalue weighted by molar-refractivity contribution is 5.28. The Labute approximate surface area is 102 Å². The first-order chi connectivity index (χ1) is 8.13. The van der Waals surface area contributed by atoms with Crippen LogP contribution in [-0.2, 0) is 26.6 Å². The summed E-state index contributed by atoms with van der Waals surface area (Å²) in [6, 6.07) is 2.08. The summed E-state index contributed by atoms with van der Waals surface area (Å²) in [6.07, 6.45) is 0.971. The Bertz CT molecular complexity index is 464. The number of nitrogens with zero attached hydrogens (tertiary/aromatic N) is 2. The number of fused-ring (bicyclic) bond motifs is 1. The Morgan fingerprint density at radius 3 is 2.88 bits per heavy atom. The Kier molecular flexibility index (Phi) is 3.64. The molecule has 0 aromatic carbocycles. The van der Waals surface area contributed by atoms with E-state index in [1.165, 1.54) is 11.3 Å². The first-order valence-corrected chi connectivity index (χ1v) is 6.23. The lowest BCUT2D eigenvalue weighted by atomic mass is 10.0. The van der Waals surface area contributed by atoms with Gasteiger partial charge in [0.1, 0.15) is 0 Å². The third kappa shape index (κ3) is 2.42. The molecule has 1 aromatic heterocycles. The van der Waals surface area contributed by atoms with Gasteiger partial charge in [-0.3, -0.25) is 4.79 Å². The molecule has 4 nitrogen and oxygen atoms in total. The average molecular weight is 235 g/mol. The first-order valence-electron chi connectivity index (χ1n) is 6.23. The van der Waals surface area contributed by atoms with E-state index in [1.54, 1.807) is 0 Å². The normalized spacial score (nSPS) is 15.9. The van der Waals surface area contributed by atoms with E-state index in [4.69, 9.17) is 0 Å². The number of nitrogens with one attached hydrogen (secondary N) is 1. The molecule has 0 spiro atoms. The molecule has 0 aliphatic carbocycles. The van der Waals surface area contributed by atoms with Gasteiger partial charge in [0.25, 0.3) is 5.56 Å². The maximum atomic E-state index is 12.1. The van der Waals surface area contributed by atoms with Gasteiger partial charge in [0.05, 0.1) is 0 Å². The van der Waals surface area contributed by atoms with Crippen LogP contribution in [0, 0.1) is 0 Å². The average Bonchev–Trinajstić information content (AvgIpc) is 2.31. The van der Waals surface area contributed by atoms with E-state index in [9.17, 15) is 4.79 Å². The zero-order chi connectivity index (χ0) is 12.4. The Balaban J connectivity index is 2.40. The van der Waals surface area contributed by atoms with Gasteiger partial charge in [-0.15, -0.1) is 0 Å². The van der Waals surface area contributed by atoms with Crippen molar-refractivity contribution in [2.24, 2.45) is 7.05 Å². The minimum absolute atomic E-state index is 0.147. The molecule has 1 N–H and O–H groups in total. The number of rotatable bonds is 3. The standard InChI is InChI=1S/C13H21N3O/c1-4-14-8-10-7-11-9-15(2)6-5-12(11)16(3)13(10)17/h7,14H,4-6,8-9H2,1-3H3. The van der Waals surface area contributed by atoms with Crippen LogP contribution >= 0.6 is 0 Å². The molecule has 1 aromatic rings. The highest BCUT2D eigenvalue weighted by atomic mass is 16.1. The summed E-state index contributed by atoms with van der Waals surface area (Å²) >= 11 is 0. The van der Waals surface area contributed by atoms with Crippen molar-refractivity contribution < 1.29 is 0 Å². The Morgan fingerprint density at radius 1 is 1.41 bits per heavy atom. The van der Waals surface area contributed by atoms with Gasteiger partial charge >= 0.3 is 0 Å². The van der Waals surface area contributed by atoms with Crippen LogP contribution in [0.1, 0.15) is 23.7 Å².